The minimum Gasteiger partial charge on any atom is -0.493 e. The van der Waals surface area contributed by atoms with Crippen molar-refractivity contribution in [2.24, 2.45) is 5.10 Å². The van der Waals surface area contributed by atoms with Gasteiger partial charge in [-0.3, -0.25) is 14.6 Å². The van der Waals surface area contributed by atoms with Crippen LogP contribution in [0.2, 0.25) is 0 Å². The molecule has 28 heavy (non-hydrogen) atoms. The normalized spacial score (nSPS) is 10.6. The molecule has 0 saturated heterocycles. The summed E-state index contributed by atoms with van der Waals surface area (Å²) in [4.78, 5) is 21.6. The third-order valence-electron chi connectivity index (χ3n) is 3.53. The smallest absolute Gasteiger partial charge is 0.324 e. The number of hydrogen-bond acceptors (Lipinski definition) is 6. The van der Waals surface area contributed by atoms with Crippen LogP contribution >= 0.6 is 0 Å². The number of aliphatic carboxylic acids is 2. The van der Waals surface area contributed by atoms with E-state index in [1.807, 2.05) is 0 Å². The molecule has 0 heterocycles. The molecule has 9 heteroatoms. The van der Waals surface area contributed by atoms with Crippen LogP contribution in [-0.2, 0) is 16.2 Å². The number of carboxylic acid groups (broad SMARTS) is 2. The lowest BCUT2D eigenvalue weighted by Crippen LogP contribution is -2.30. The zero-order valence-corrected chi connectivity index (χ0v) is 15.0. The maximum absolute atomic E-state index is 13.7. The maximum Gasteiger partial charge on any atom is 0.324 e. The van der Waals surface area contributed by atoms with E-state index in [2.05, 4.69) is 5.10 Å². The average Bonchev–Trinajstić information content (AvgIpc) is 2.65. The first-order valence-electron chi connectivity index (χ1n) is 8.15. The highest BCUT2D eigenvalue weighted by Gasteiger charge is 2.11. The molecule has 0 spiro atoms. The van der Waals surface area contributed by atoms with E-state index in [1.165, 1.54) is 19.4 Å². The van der Waals surface area contributed by atoms with Crippen molar-refractivity contribution in [3.05, 3.63) is 59.4 Å². The molecule has 0 aliphatic heterocycles. The van der Waals surface area contributed by atoms with E-state index in [4.69, 9.17) is 19.7 Å². The van der Waals surface area contributed by atoms with Gasteiger partial charge in [-0.25, -0.2) is 4.39 Å². The van der Waals surface area contributed by atoms with E-state index in [0.29, 0.717) is 22.6 Å². The van der Waals surface area contributed by atoms with Gasteiger partial charge in [0.15, 0.2) is 11.5 Å². The van der Waals surface area contributed by atoms with E-state index in [-0.39, 0.29) is 12.4 Å². The monoisotopic (exact) mass is 390 g/mol. The molecule has 8 nitrogen and oxygen atoms in total. The molecule has 2 N–H and O–H groups in total. The number of benzene rings is 2. The Balaban J connectivity index is 2.11. The van der Waals surface area contributed by atoms with E-state index >= 15 is 0 Å². The number of carboxylic acids is 2. The van der Waals surface area contributed by atoms with Gasteiger partial charge in [0, 0.05) is 5.56 Å². The Labute approximate surface area is 160 Å². The van der Waals surface area contributed by atoms with Crippen molar-refractivity contribution in [1.82, 2.24) is 5.01 Å². The summed E-state index contributed by atoms with van der Waals surface area (Å²) in [6.07, 6.45) is 1.31. The largest absolute Gasteiger partial charge is 0.493 e. The highest BCUT2D eigenvalue weighted by Crippen LogP contribution is 2.28. The number of carbonyl (C=O) groups is 2. The number of rotatable bonds is 10. The van der Waals surface area contributed by atoms with Crippen LogP contribution in [0.5, 0.6) is 11.5 Å². The maximum atomic E-state index is 13.7. The first kappa shape index (κ1) is 20.7. The lowest BCUT2D eigenvalue weighted by Gasteiger charge is -2.14. The Bertz CT molecular complexity index is 855. The number of ether oxygens (including phenoxy) is 2. The molecule has 0 amide bonds. The number of nitrogens with zero attached hydrogens (tertiary/aromatic N) is 2. The van der Waals surface area contributed by atoms with Crippen LogP contribution in [-0.4, -0.2) is 53.6 Å². The summed E-state index contributed by atoms with van der Waals surface area (Å²) in [6, 6.07) is 11.1. The van der Waals surface area contributed by atoms with Crippen LogP contribution in [0.15, 0.2) is 47.6 Å². The van der Waals surface area contributed by atoms with Crippen LogP contribution in [0.4, 0.5) is 4.39 Å². The van der Waals surface area contributed by atoms with Crippen molar-refractivity contribution < 1.29 is 33.7 Å². The quantitative estimate of drug-likeness (QED) is 0.473. The van der Waals surface area contributed by atoms with Gasteiger partial charge < -0.3 is 19.7 Å². The lowest BCUT2D eigenvalue weighted by molar-refractivity contribution is -0.141. The van der Waals surface area contributed by atoms with Crippen LogP contribution in [0.3, 0.4) is 0 Å². The number of methoxy groups -OCH3 is 1. The van der Waals surface area contributed by atoms with Crippen LogP contribution in [0.25, 0.3) is 0 Å². The van der Waals surface area contributed by atoms with Gasteiger partial charge in [0.2, 0.25) is 0 Å². The Kier molecular flexibility index (Phi) is 7.32. The molecule has 2 aromatic rings. The fourth-order valence-corrected chi connectivity index (χ4v) is 2.25. The predicted molar refractivity (Wildman–Crippen MR) is 98.2 cm³/mol. The fourth-order valence-electron chi connectivity index (χ4n) is 2.25. The summed E-state index contributed by atoms with van der Waals surface area (Å²) in [5, 5.41) is 22.4. The number of hydrazone groups is 1. The first-order valence-corrected chi connectivity index (χ1v) is 8.15. The molecule has 0 aliphatic carbocycles. The molecule has 2 aromatic carbocycles. The van der Waals surface area contributed by atoms with Gasteiger partial charge in [-0.2, -0.15) is 5.10 Å². The third kappa shape index (κ3) is 6.27. The Morgan fingerprint density at radius 3 is 2.39 bits per heavy atom. The van der Waals surface area contributed by atoms with E-state index in [9.17, 15) is 14.0 Å². The molecule has 0 fully saturated rings. The molecule has 0 saturated carbocycles. The second kappa shape index (κ2) is 9.91. The van der Waals surface area contributed by atoms with Crippen molar-refractivity contribution >= 4 is 18.2 Å². The summed E-state index contributed by atoms with van der Waals surface area (Å²) in [5.41, 5.74) is 0.934. The van der Waals surface area contributed by atoms with Crippen molar-refractivity contribution in [2.75, 3.05) is 20.2 Å². The van der Waals surface area contributed by atoms with Gasteiger partial charge in [-0.1, -0.05) is 18.2 Å². The minimum atomic E-state index is -1.20. The SMILES string of the molecule is COc1cc(/C=N\N(CC(=O)O)CC(=O)O)ccc1OCc1ccccc1F. The topological polar surface area (TPSA) is 109 Å². The molecule has 0 aliphatic rings. The molecule has 0 bridgehead atoms. The Morgan fingerprint density at radius 2 is 1.79 bits per heavy atom. The highest BCUT2D eigenvalue weighted by molar-refractivity contribution is 5.81. The zero-order chi connectivity index (χ0) is 20.5. The van der Waals surface area contributed by atoms with Gasteiger partial charge in [-0.05, 0) is 29.8 Å². The fraction of sp³-hybridized carbons (Fsp3) is 0.211. The first-order chi connectivity index (χ1) is 13.4. The van der Waals surface area contributed by atoms with Crippen molar-refractivity contribution in [2.45, 2.75) is 6.61 Å². The van der Waals surface area contributed by atoms with Crippen LogP contribution in [0.1, 0.15) is 11.1 Å². The number of hydrogen-bond donors (Lipinski definition) is 2. The van der Waals surface area contributed by atoms with Crippen LogP contribution < -0.4 is 9.47 Å². The summed E-state index contributed by atoms with van der Waals surface area (Å²) in [6.45, 7) is -1.09. The van der Waals surface area contributed by atoms with Crippen molar-refractivity contribution in [1.29, 1.82) is 0 Å². The predicted octanol–water partition coefficient (Wildman–Crippen LogP) is 2.22. The molecule has 0 atom stereocenters. The lowest BCUT2D eigenvalue weighted by atomic mass is 10.2. The van der Waals surface area contributed by atoms with E-state index in [0.717, 1.165) is 5.01 Å². The van der Waals surface area contributed by atoms with Crippen molar-refractivity contribution in [3.8, 4) is 11.5 Å². The Hall–Kier alpha value is -3.62. The summed E-state index contributed by atoms with van der Waals surface area (Å²) in [7, 11) is 1.44. The minimum absolute atomic E-state index is 0.0153. The van der Waals surface area contributed by atoms with Gasteiger partial charge in [0.25, 0.3) is 0 Å². The summed E-state index contributed by atoms with van der Waals surface area (Å²) >= 11 is 0. The van der Waals surface area contributed by atoms with Gasteiger partial charge >= 0.3 is 11.9 Å². The second-order valence-corrected chi connectivity index (χ2v) is 5.65. The molecular formula is C19H19FN2O6. The molecule has 2 rings (SSSR count). The number of halogens is 1. The zero-order valence-electron chi connectivity index (χ0n) is 15.0. The highest BCUT2D eigenvalue weighted by atomic mass is 19.1. The second-order valence-electron chi connectivity index (χ2n) is 5.65. The van der Waals surface area contributed by atoms with Crippen molar-refractivity contribution in [3.63, 3.8) is 0 Å². The molecule has 0 unspecified atom stereocenters. The summed E-state index contributed by atoms with van der Waals surface area (Å²) in [5.74, 6) is -2.03. The van der Waals surface area contributed by atoms with Gasteiger partial charge in [0.05, 0.1) is 13.3 Å². The van der Waals surface area contributed by atoms with E-state index in [1.54, 1.807) is 36.4 Å². The van der Waals surface area contributed by atoms with Gasteiger partial charge in [0.1, 0.15) is 25.5 Å². The average molecular weight is 390 g/mol. The van der Waals surface area contributed by atoms with Crippen LogP contribution in [0, 0.1) is 5.82 Å². The molecule has 0 aromatic heterocycles. The standard InChI is InChI=1S/C19H19FN2O6/c1-27-17-8-13(9-21-22(10-18(23)24)11-19(25)26)6-7-16(17)28-12-14-4-2-3-5-15(14)20/h2-9H,10-12H2,1H3,(H,23,24)(H,25,26)/b21-9-. The molecule has 148 valence electrons. The molecule has 0 radical (unpaired) electrons. The Morgan fingerprint density at radius 1 is 1.11 bits per heavy atom. The van der Waals surface area contributed by atoms with E-state index < -0.39 is 25.0 Å². The van der Waals surface area contributed by atoms with Gasteiger partial charge in [-0.15, -0.1) is 0 Å². The third-order valence-corrected chi connectivity index (χ3v) is 3.53. The summed E-state index contributed by atoms with van der Waals surface area (Å²) < 4.78 is 24.5. The molecular weight excluding hydrogens is 371 g/mol.